The van der Waals surface area contributed by atoms with Crippen molar-refractivity contribution in [3.05, 3.63) is 35.8 Å². The van der Waals surface area contributed by atoms with Gasteiger partial charge in [-0.3, -0.25) is 4.79 Å². The fourth-order valence-electron chi connectivity index (χ4n) is 2.00. The predicted molar refractivity (Wildman–Crippen MR) is 64.6 cm³/mol. The monoisotopic (exact) mass is 234 g/mol. The first-order chi connectivity index (χ1) is 8.15. The molecule has 0 N–H and O–H groups in total. The molecule has 2 nitrogen and oxygen atoms in total. The van der Waals surface area contributed by atoms with Gasteiger partial charge in [0.1, 0.15) is 11.4 Å². The van der Waals surface area contributed by atoms with Crippen molar-refractivity contribution in [1.29, 1.82) is 0 Å². The summed E-state index contributed by atoms with van der Waals surface area (Å²) in [5, 5.41) is 0.638. The average molecular weight is 234 g/mol. The first kappa shape index (κ1) is 11.8. The lowest BCUT2D eigenvalue weighted by molar-refractivity contribution is 0.0887. The average Bonchev–Trinajstić information content (AvgIpc) is 2.73. The second-order valence-electron chi connectivity index (χ2n) is 4.17. The van der Waals surface area contributed by atoms with E-state index in [4.69, 9.17) is 4.42 Å². The van der Waals surface area contributed by atoms with Gasteiger partial charge in [-0.25, -0.2) is 4.39 Å². The molecular formula is C14H15FO2. The zero-order valence-electron chi connectivity index (χ0n) is 10.00. The Balaban J connectivity index is 2.39. The van der Waals surface area contributed by atoms with Crippen LogP contribution < -0.4 is 0 Å². The molecule has 0 unspecified atom stereocenters. The third kappa shape index (κ3) is 2.23. The number of rotatable bonds is 4. The van der Waals surface area contributed by atoms with Gasteiger partial charge in [0.05, 0.1) is 0 Å². The van der Waals surface area contributed by atoms with Gasteiger partial charge < -0.3 is 4.42 Å². The fraction of sp³-hybridized carbons (Fsp3) is 0.357. The van der Waals surface area contributed by atoms with Crippen LogP contribution >= 0.6 is 0 Å². The quantitative estimate of drug-likeness (QED) is 0.742. The SMILES string of the molecule is CCC(CC)C(=O)c1cc2cc(F)ccc2o1. The summed E-state index contributed by atoms with van der Waals surface area (Å²) in [5.41, 5.74) is 0.556. The summed E-state index contributed by atoms with van der Waals surface area (Å²) < 4.78 is 18.5. The van der Waals surface area contributed by atoms with E-state index in [2.05, 4.69) is 0 Å². The Morgan fingerprint density at radius 3 is 2.65 bits per heavy atom. The number of Topliss-reactive ketones (excluding diaryl/α,β-unsaturated/α-hetero) is 1. The molecule has 0 fully saturated rings. The predicted octanol–water partition coefficient (Wildman–Crippen LogP) is 4.19. The summed E-state index contributed by atoms with van der Waals surface area (Å²) in [5.74, 6) is 0.00569. The summed E-state index contributed by atoms with van der Waals surface area (Å²) in [6.45, 7) is 3.96. The number of ketones is 1. The Morgan fingerprint density at radius 2 is 2.00 bits per heavy atom. The van der Waals surface area contributed by atoms with Crippen molar-refractivity contribution in [3.8, 4) is 0 Å². The normalized spacial score (nSPS) is 11.3. The molecule has 90 valence electrons. The van der Waals surface area contributed by atoms with Crippen LogP contribution in [0.5, 0.6) is 0 Å². The highest BCUT2D eigenvalue weighted by atomic mass is 19.1. The van der Waals surface area contributed by atoms with Crippen molar-refractivity contribution in [2.45, 2.75) is 26.7 Å². The standard InChI is InChI=1S/C14H15FO2/c1-3-9(4-2)14(16)13-8-10-7-11(15)5-6-12(10)17-13/h5-9H,3-4H2,1-2H3. The number of hydrogen-bond donors (Lipinski definition) is 0. The Labute approximate surface area is 99.4 Å². The molecule has 1 aromatic heterocycles. The molecule has 1 heterocycles. The van der Waals surface area contributed by atoms with E-state index in [9.17, 15) is 9.18 Å². The minimum atomic E-state index is -0.320. The van der Waals surface area contributed by atoms with Gasteiger partial charge in [-0.1, -0.05) is 13.8 Å². The van der Waals surface area contributed by atoms with Crippen LogP contribution in [0.4, 0.5) is 4.39 Å². The smallest absolute Gasteiger partial charge is 0.201 e. The van der Waals surface area contributed by atoms with E-state index in [1.807, 2.05) is 13.8 Å². The van der Waals surface area contributed by atoms with Gasteiger partial charge in [-0.15, -0.1) is 0 Å². The lowest BCUT2D eigenvalue weighted by Gasteiger charge is -2.07. The van der Waals surface area contributed by atoms with Crippen LogP contribution in [-0.4, -0.2) is 5.78 Å². The molecule has 1 aromatic carbocycles. The maximum absolute atomic E-state index is 13.0. The summed E-state index contributed by atoms with van der Waals surface area (Å²) in [6, 6.07) is 5.88. The highest BCUT2D eigenvalue weighted by Gasteiger charge is 2.20. The van der Waals surface area contributed by atoms with E-state index in [0.29, 0.717) is 16.7 Å². The molecule has 17 heavy (non-hydrogen) atoms. The highest BCUT2D eigenvalue weighted by molar-refractivity contribution is 5.98. The van der Waals surface area contributed by atoms with Gasteiger partial charge in [0, 0.05) is 11.3 Å². The molecule has 0 atom stereocenters. The molecule has 0 aliphatic rings. The van der Waals surface area contributed by atoms with Gasteiger partial charge in [-0.05, 0) is 37.1 Å². The van der Waals surface area contributed by atoms with Crippen molar-refractivity contribution in [1.82, 2.24) is 0 Å². The highest BCUT2D eigenvalue weighted by Crippen LogP contribution is 2.24. The second-order valence-corrected chi connectivity index (χ2v) is 4.17. The molecule has 2 rings (SSSR count). The van der Waals surface area contributed by atoms with Gasteiger partial charge >= 0.3 is 0 Å². The Bertz CT molecular complexity index is 538. The molecule has 0 aliphatic carbocycles. The molecule has 0 saturated heterocycles. The molecule has 2 aromatic rings. The van der Waals surface area contributed by atoms with Crippen molar-refractivity contribution in [2.75, 3.05) is 0 Å². The van der Waals surface area contributed by atoms with E-state index in [0.717, 1.165) is 12.8 Å². The molecule has 0 radical (unpaired) electrons. The number of carbonyl (C=O) groups excluding carboxylic acids is 1. The maximum atomic E-state index is 13.0. The van der Waals surface area contributed by atoms with Crippen molar-refractivity contribution >= 4 is 16.8 Å². The topological polar surface area (TPSA) is 30.2 Å². The Kier molecular flexibility index (Phi) is 3.27. The van der Waals surface area contributed by atoms with Crippen molar-refractivity contribution in [3.63, 3.8) is 0 Å². The first-order valence-corrected chi connectivity index (χ1v) is 5.89. The lowest BCUT2D eigenvalue weighted by atomic mass is 9.96. The summed E-state index contributed by atoms with van der Waals surface area (Å²) >= 11 is 0. The number of carbonyl (C=O) groups is 1. The number of benzene rings is 1. The van der Waals surface area contributed by atoms with Gasteiger partial charge in [0.25, 0.3) is 0 Å². The largest absolute Gasteiger partial charge is 0.453 e. The zero-order chi connectivity index (χ0) is 12.4. The Morgan fingerprint density at radius 1 is 1.29 bits per heavy atom. The maximum Gasteiger partial charge on any atom is 0.201 e. The lowest BCUT2D eigenvalue weighted by Crippen LogP contribution is -2.11. The van der Waals surface area contributed by atoms with Crippen LogP contribution in [0.3, 0.4) is 0 Å². The van der Waals surface area contributed by atoms with E-state index in [-0.39, 0.29) is 17.5 Å². The Hall–Kier alpha value is -1.64. The summed E-state index contributed by atoms with van der Waals surface area (Å²) in [6.07, 6.45) is 1.58. The van der Waals surface area contributed by atoms with Crippen LogP contribution in [0.1, 0.15) is 37.2 Å². The van der Waals surface area contributed by atoms with Crippen molar-refractivity contribution in [2.24, 2.45) is 5.92 Å². The first-order valence-electron chi connectivity index (χ1n) is 5.89. The minimum Gasteiger partial charge on any atom is -0.453 e. The van der Waals surface area contributed by atoms with Crippen LogP contribution in [0.15, 0.2) is 28.7 Å². The molecule has 0 bridgehead atoms. The van der Waals surface area contributed by atoms with Crippen molar-refractivity contribution < 1.29 is 13.6 Å². The molecule has 3 heteroatoms. The fourth-order valence-corrected chi connectivity index (χ4v) is 2.00. The van der Waals surface area contributed by atoms with Crippen LogP contribution in [-0.2, 0) is 0 Å². The van der Waals surface area contributed by atoms with Gasteiger partial charge in [0.2, 0.25) is 5.78 Å². The number of halogens is 1. The molecule has 0 spiro atoms. The van der Waals surface area contributed by atoms with Crippen LogP contribution in [0.2, 0.25) is 0 Å². The molecule has 0 amide bonds. The number of hydrogen-bond acceptors (Lipinski definition) is 2. The van der Waals surface area contributed by atoms with E-state index >= 15 is 0 Å². The summed E-state index contributed by atoms with van der Waals surface area (Å²) in [7, 11) is 0. The van der Waals surface area contributed by atoms with Gasteiger partial charge in [0.15, 0.2) is 5.76 Å². The van der Waals surface area contributed by atoms with Crippen LogP contribution in [0, 0.1) is 11.7 Å². The molecule has 0 aliphatic heterocycles. The summed E-state index contributed by atoms with van der Waals surface area (Å²) in [4.78, 5) is 12.1. The van der Waals surface area contributed by atoms with E-state index < -0.39 is 0 Å². The van der Waals surface area contributed by atoms with Gasteiger partial charge in [-0.2, -0.15) is 0 Å². The second kappa shape index (κ2) is 4.70. The van der Waals surface area contributed by atoms with Crippen LogP contribution in [0.25, 0.3) is 11.0 Å². The van der Waals surface area contributed by atoms with E-state index in [1.54, 1.807) is 12.1 Å². The third-order valence-corrected chi connectivity index (χ3v) is 3.08. The molecular weight excluding hydrogens is 219 g/mol. The molecule has 0 saturated carbocycles. The minimum absolute atomic E-state index is 0.00612. The third-order valence-electron chi connectivity index (χ3n) is 3.08. The number of fused-ring (bicyclic) bond motifs is 1. The zero-order valence-corrected chi connectivity index (χ0v) is 10.00. The number of furan rings is 1. The van der Waals surface area contributed by atoms with E-state index in [1.165, 1.54) is 12.1 Å².